The third kappa shape index (κ3) is 4.29. The van der Waals surface area contributed by atoms with Gasteiger partial charge in [0.05, 0.1) is 6.54 Å². The summed E-state index contributed by atoms with van der Waals surface area (Å²) in [6.45, 7) is 3.87. The molecule has 0 radical (unpaired) electrons. The molecule has 1 N–H and O–H groups in total. The van der Waals surface area contributed by atoms with Crippen molar-refractivity contribution in [1.82, 2.24) is 14.3 Å². The molecule has 132 valence electrons. The molecule has 0 atom stereocenters. The topological polar surface area (TPSA) is 61.4 Å². The number of hydrogen-bond acceptors (Lipinski definition) is 6. The molecule has 1 aliphatic carbocycles. The molecule has 1 aromatic carbocycles. The summed E-state index contributed by atoms with van der Waals surface area (Å²) in [5, 5.41) is 4.59. The molecule has 0 unspecified atom stereocenters. The molecule has 1 saturated heterocycles. The Bertz CT molecular complexity index is 738. The first kappa shape index (κ1) is 16.8. The van der Waals surface area contributed by atoms with Crippen molar-refractivity contribution in [1.29, 1.82) is 0 Å². The van der Waals surface area contributed by atoms with Crippen LogP contribution in [0.15, 0.2) is 24.3 Å². The fourth-order valence-corrected chi connectivity index (χ4v) is 3.82. The van der Waals surface area contributed by atoms with Crippen molar-refractivity contribution in [3.05, 3.63) is 35.1 Å². The maximum absolute atomic E-state index is 12.2. The summed E-state index contributed by atoms with van der Waals surface area (Å²) in [5.74, 6) is 1.62. The van der Waals surface area contributed by atoms with Gasteiger partial charge in [-0.25, -0.2) is 4.98 Å². The lowest BCUT2D eigenvalue weighted by Gasteiger charge is -2.33. The molecule has 2 fully saturated rings. The molecule has 1 amide bonds. The third-order valence-electron chi connectivity index (χ3n) is 4.51. The molecule has 6 nitrogen and oxygen atoms in total. The Morgan fingerprint density at radius 1 is 1.20 bits per heavy atom. The number of nitrogens with zero attached hydrogens (tertiary/aromatic N) is 4. The zero-order valence-electron chi connectivity index (χ0n) is 13.8. The number of nitrogens with one attached hydrogen (secondary N) is 1. The van der Waals surface area contributed by atoms with Gasteiger partial charge in [0.1, 0.15) is 5.82 Å². The molecule has 2 aliphatic rings. The maximum Gasteiger partial charge on any atom is 0.238 e. The van der Waals surface area contributed by atoms with Gasteiger partial charge < -0.3 is 10.2 Å². The number of carbonyl (C=O) groups excluding carboxylic acids is 1. The largest absolute Gasteiger partial charge is 0.344 e. The molecule has 2 aromatic rings. The summed E-state index contributed by atoms with van der Waals surface area (Å²) in [5.41, 5.74) is 0.773. The van der Waals surface area contributed by atoms with E-state index in [9.17, 15) is 4.79 Å². The van der Waals surface area contributed by atoms with Crippen LogP contribution in [-0.4, -0.2) is 52.9 Å². The predicted octanol–water partition coefficient (Wildman–Crippen LogP) is 2.83. The van der Waals surface area contributed by atoms with Crippen LogP contribution < -0.4 is 10.2 Å². The van der Waals surface area contributed by atoms with Gasteiger partial charge in [-0.05, 0) is 37.1 Å². The number of hydrogen-bond donors (Lipinski definition) is 1. The SMILES string of the molecule is O=C(CN1CCN(c2nc(C3CC3)ns2)CC1)Nc1ccc(Cl)cc1. The highest BCUT2D eigenvalue weighted by molar-refractivity contribution is 7.09. The van der Waals surface area contributed by atoms with Crippen molar-refractivity contribution >= 4 is 39.9 Å². The van der Waals surface area contributed by atoms with Gasteiger partial charge >= 0.3 is 0 Å². The van der Waals surface area contributed by atoms with Gasteiger partial charge in [-0.15, -0.1) is 0 Å². The van der Waals surface area contributed by atoms with Crippen LogP contribution in [0.4, 0.5) is 10.8 Å². The average molecular weight is 378 g/mol. The van der Waals surface area contributed by atoms with Gasteiger partial charge in [0.25, 0.3) is 0 Å². The van der Waals surface area contributed by atoms with Gasteiger partial charge in [-0.2, -0.15) is 4.37 Å². The van der Waals surface area contributed by atoms with E-state index in [1.54, 1.807) is 12.1 Å². The summed E-state index contributed by atoms with van der Waals surface area (Å²) < 4.78 is 4.48. The van der Waals surface area contributed by atoms with Crippen molar-refractivity contribution in [3.63, 3.8) is 0 Å². The lowest BCUT2D eigenvalue weighted by atomic mass is 10.3. The van der Waals surface area contributed by atoms with E-state index in [1.165, 1.54) is 24.4 Å². The van der Waals surface area contributed by atoms with Crippen LogP contribution in [0.2, 0.25) is 5.02 Å². The van der Waals surface area contributed by atoms with Crippen LogP contribution in [0, 0.1) is 0 Å². The van der Waals surface area contributed by atoms with E-state index in [-0.39, 0.29) is 5.91 Å². The number of anilines is 2. The quantitative estimate of drug-likeness (QED) is 0.868. The lowest BCUT2D eigenvalue weighted by molar-refractivity contribution is -0.117. The molecule has 2 heterocycles. The van der Waals surface area contributed by atoms with Crippen molar-refractivity contribution < 1.29 is 4.79 Å². The summed E-state index contributed by atoms with van der Waals surface area (Å²) in [6, 6.07) is 7.16. The average Bonchev–Trinajstić information content (AvgIpc) is 3.35. The van der Waals surface area contributed by atoms with Gasteiger partial charge in [0.2, 0.25) is 11.0 Å². The third-order valence-corrected chi connectivity index (χ3v) is 5.55. The molecule has 25 heavy (non-hydrogen) atoms. The molecule has 1 aliphatic heterocycles. The van der Waals surface area contributed by atoms with Crippen LogP contribution in [0.5, 0.6) is 0 Å². The number of halogens is 1. The van der Waals surface area contributed by atoms with Crippen molar-refractivity contribution in [3.8, 4) is 0 Å². The van der Waals surface area contributed by atoms with Gasteiger partial charge in [0.15, 0.2) is 0 Å². The van der Waals surface area contributed by atoms with Gasteiger partial charge in [0, 0.05) is 54.3 Å². The molecule has 1 aromatic heterocycles. The number of aromatic nitrogens is 2. The minimum absolute atomic E-state index is 0.00251. The molecule has 8 heteroatoms. The Kier molecular flexibility index (Phi) is 4.87. The van der Waals surface area contributed by atoms with Crippen LogP contribution in [0.1, 0.15) is 24.6 Å². The number of piperazine rings is 1. The molecular weight excluding hydrogens is 358 g/mol. The van der Waals surface area contributed by atoms with Crippen LogP contribution >= 0.6 is 23.1 Å². The van der Waals surface area contributed by atoms with E-state index in [2.05, 4.69) is 24.5 Å². The second-order valence-electron chi connectivity index (χ2n) is 6.53. The van der Waals surface area contributed by atoms with Crippen molar-refractivity contribution in [2.24, 2.45) is 0 Å². The first-order valence-corrected chi connectivity index (χ1v) is 9.69. The van der Waals surface area contributed by atoms with Crippen LogP contribution in [0.3, 0.4) is 0 Å². The first-order chi connectivity index (χ1) is 12.2. The Balaban J connectivity index is 1.25. The van der Waals surface area contributed by atoms with Crippen molar-refractivity contribution in [2.75, 3.05) is 42.9 Å². The number of rotatable bonds is 5. The maximum atomic E-state index is 12.2. The van der Waals surface area contributed by atoms with Crippen LogP contribution in [0.25, 0.3) is 0 Å². The monoisotopic (exact) mass is 377 g/mol. The van der Waals surface area contributed by atoms with E-state index in [0.29, 0.717) is 17.5 Å². The molecule has 0 bridgehead atoms. The number of carbonyl (C=O) groups is 1. The van der Waals surface area contributed by atoms with E-state index < -0.39 is 0 Å². The van der Waals surface area contributed by atoms with E-state index >= 15 is 0 Å². The highest BCUT2D eigenvalue weighted by atomic mass is 35.5. The highest BCUT2D eigenvalue weighted by Gasteiger charge is 2.29. The zero-order chi connectivity index (χ0) is 17.2. The van der Waals surface area contributed by atoms with E-state index in [0.717, 1.165) is 42.8 Å². The summed E-state index contributed by atoms with van der Waals surface area (Å²) >= 11 is 7.35. The normalized spacial score (nSPS) is 18.4. The summed E-state index contributed by atoms with van der Waals surface area (Å²) in [7, 11) is 0. The van der Waals surface area contributed by atoms with Gasteiger partial charge in [-0.1, -0.05) is 11.6 Å². The molecule has 1 saturated carbocycles. The lowest BCUT2D eigenvalue weighted by Crippen LogP contribution is -2.48. The highest BCUT2D eigenvalue weighted by Crippen LogP contribution is 2.39. The fraction of sp³-hybridized carbons (Fsp3) is 0.471. The smallest absolute Gasteiger partial charge is 0.238 e. The second-order valence-corrected chi connectivity index (χ2v) is 7.69. The minimum atomic E-state index is 0.00251. The standard InChI is InChI=1S/C17H20ClN5OS/c18-13-3-5-14(6-4-13)19-15(24)11-22-7-9-23(10-8-22)17-20-16(21-25-17)12-1-2-12/h3-6,12H,1-2,7-11H2,(H,19,24). The Morgan fingerprint density at radius 2 is 1.92 bits per heavy atom. The Morgan fingerprint density at radius 3 is 2.60 bits per heavy atom. The predicted molar refractivity (Wildman–Crippen MR) is 101 cm³/mol. The van der Waals surface area contributed by atoms with Gasteiger partial charge in [-0.3, -0.25) is 9.69 Å². The Labute approximate surface area is 156 Å². The fourth-order valence-electron chi connectivity index (χ4n) is 2.90. The number of benzene rings is 1. The summed E-state index contributed by atoms with van der Waals surface area (Å²) in [4.78, 5) is 21.3. The zero-order valence-corrected chi connectivity index (χ0v) is 15.4. The summed E-state index contributed by atoms with van der Waals surface area (Å²) in [6.07, 6.45) is 2.46. The van der Waals surface area contributed by atoms with E-state index in [4.69, 9.17) is 11.6 Å². The minimum Gasteiger partial charge on any atom is -0.344 e. The molecular formula is C17H20ClN5OS. The Hall–Kier alpha value is -1.70. The number of amides is 1. The van der Waals surface area contributed by atoms with Crippen molar-refractivity contribution in [2.45, 2.75) is 18.8 Å². The van der Waals surface area contributed by atoms with E-state index in [1.807, 2.05) is 12.1 Å². The second kappa shape index (κ2) is 7.27. The molecule has 4 rings (SSSR count). The first-order valence-electron chi connectivity index (χ1n) is 8.54. The van der Waals surface area contributed by atoms with Crippen LogP contribution in [-0.2, 0) is 4.79 Å². The molecule has 0 spiro atoms.